The average Bonchev–Trinajstić information content (AvgIpc) is 2.21. The van der Waals surface area contributed by atoms with Crippen LogP contribution in [-0.2, 0) is 9.47 Å². The van der Waals surface area contributed by atoms with Gasteiger partial charge in [0.1, 0.15) is 11.9 Å². The molecule has 1 rings (SSSR count). The van der Waals surface area contributed by atoms with Gasteiger partial charge < -0.3 is 9.47 Å². The van der Waals surface area contributed by atoms with E-state index in [9.17, 15) is 9.18 Å². The van der Waals surface area contributed by atoms with Gasteiger partial charge in [-0.3, -0.25) is 0 Å². The second-order valence-electron chi connectivity index (χ2n) is 3.30. The molecule has 1 atom stereocenters. The Morgan fingerprint density at radius 2 is 2.25 bits per heavy atom. The van der Waals surface area contributed by atoms with Gasteiger partial charge in [0.15, 0.2) is 0 Å². The first-order chi connectivity index (χ1) is 7.54. The molecule has 1 aromatic rings. The van der Waals surface area contributed by atoms with Crippen LogP contribution in [0.15, 0.2) is 22.7 Å². The van der Waals surface area contributed by atoms with Crippen molar-refractivity contribution in [3.05, 3.63) is 34.1 Å². The lowest BCUT2D eigenvalue weighted by Gasteiger charge is -2.12. The SMILES string of the molecule is COCC(C)OC(=O)c1cc(Br)ccc1F. The predicted octanol–water partition coefficient (Wildman–Crippen LogP) is 2.78. The smallest absolute Gasteiger partial charge is 0.341 e. The second kappa shape index (κ2) is 5.96. The van der Waals surface area contributed by atoms with E-state index in [0.29, 0.717) is 4.47 Å². The molecular formula is C11H12BrFO3. The quantitative estimate of drug-likeness (QED) is 0.800. The summed E-state index contributed by atoms with van der Waals surface area (Å²) < 4.78 is 23.7. The predicted molar refractivity (Wildman–Crippen MR) is 60.9 cm³/mol. The number of halogens is 2. The molecule has 16 heavy (non-hydrogen) atoms. The van der Waals surface area contributed by atoms with Crippen molar-refractivity contribution in [3.63, 3.8) is 0 Å². The highest BCUT2D eigenvalue weighted by molar-refractivity contribution is 9.10. The minimum Gasteiger partial charge on any atom is -0.457 e. The standard InChI is InChI=1S/C11H12BrFO3/c1-7(6-15-2)16-11(14)9-5-8(12)3-4-10(9)13/h3-5,7H,6H2,1-2H3. The Hall–Kier alpha value is -0.940. The molecule has 0 saturated carbocycles. The van der Waals surface area contributed by atoms with E-state index in [2.05, 4.69) is 15.9 Å². The van der Waals surface area contributed by atoms with Crippen LogP contribution in [0.5, 0.6) is 0 Å². The monoisotopic (exact) mass is 290 g/mol. The summed E-state index contributed by atoms with van der Waals surface area (Å²) in [6, 6.07) is 4.11. The summed E-state index contributed by atoms with van der Waals surface area (Å²) in [7, 11) is 1.50. The van der Waals surface area contributed by atoms with Crippen LogP contribution in [0, 0.1) is 5.82 Å². The molecule has 0 bridgehead atoms. The molecule has 0 aromatic heterocycles. The third-order valence-electron chi connectivity index (χ3n) is 1.86. The molecule has 0 heterocycles. The van der Waals surface area contributed by atoms with Crippen LogP contribution in [0.25, 0.3) is 0 Å². The number of hydrogen-bond acceptors (Lipinski definition) is 3. The maximum atomic E-state index is 13.3. The van der Waals surface area contributed by atoms with Crippen LogP contribution in [0.1, 0.15) is 17.3 Å². The van der Waals surface area contributed by atoms with Gasteiger partial charge in [-0.25, -0.2) is 9.18 Å². The van der Waals surface area contributed by atoms with Gasteiger partial charge in [-0.05, 0) is 25.1 Å². The third-order valence-corrected chi connectivity index (χ3v) is 2.35. The fourth-order valence-corrected chi connectivity index (χ4v) is 1.53. The van der Waals surface area contributed by atoms with Crippen LogP contribution >= 0.6 is 15.9 Å². The van der Waals surface area contributed by atoms with Gasteiger partial charge in [-0.2, -0.15) is 0 Å². The summed E-state index contributed by atoms with van der Waals surface area (Å²) in [5.41, 5.74) is -0.0858. The van der Waals surface area contributed by atoms with E-state index in [0.717, 1.165) is 0 Å². The first-order valence-corrected chi connectivity index (χ1v) is 5.49. The number of ether oxygens (including phenoxy) is 2. The van der Waals surface area contributed by atoms with Gasteiger partial charge in [-0.15, -0.1) is 0 Å². The minimum absolute atomic E-state index is 0.0858. The number of methoxy groups -OCH3 is 1. The van der Waals surface area contributed by atoms with E-state index in [1.54, 1.807) is 6.92 Å². The van der Waals surface area contributed by atoms with Gasteiger partial charge in [-0.1, -0.05) is 15.9 Å². The van der Waals surface area contributed by atoms with Crippen molar-refractivity contribution in [2.75, 3.05) is 13.7 Å². The van der Waals surface area contributed by atoms with Crippen molar-refractivity contribution < 1.29 is 18.7 Å². The molecule has 0 fully saturated rings. The number of rotatable bonds is 4. The number of esters is 1. The topological polar surface area (TPSA) is 35.5 Å². The van der Waals surface area contributed by atoms with E-state index >= 15 is 0 Å². The van der Waals surface area contributed by atoms with Crippen LogP contribution in [0.4, 0.5) is 4.39 Å². The lowest BCUT2D eigenvalue weighted by Crippen LogP contribution is -2.20. The number of hydrogen-bond donors (Lipinski definition) is 0. The molecule has 88 valence electrons. The maximum Gasteiger partial charge on any atom is 0.341 e. The van der Waals surface area contributed by atoms with Crippen LogP contribution in [0.2, 0.25) is 0 Å². The molecular weight excluding hydrogens is 279 g/mol. The molecule has 3 nitrogen and oxygen atoms in total. The van der Waals surface area contributed by atoms with E-state index in [-0.39, 0.29) is 12.2 Å². The molecule has 0 N–H and O–H groups in total. The van der Waals surface area contributed by atoms with E-state index in [1.165, 1.54) is 25.3 Å². The number of carbonyl (C=O) groups excluding carboxylic acids is 1. The fourth-order valence-electron chi connectivity index (χ4n) is 1.17. The summed E-state index contributed by atoms with van der Waals surface area (Å²) in [5.74, 6) is -1.29. The van der Waals surface area contributed by atoms with Crippen molar-refractivity contribution in [2.45, 2.75) is 13.0 Å². The van der Waals surface area contributed by atoms with Gasteiger partial charge in [0.25, 0.3) is 0 Å². The molecule has 0 radical (unpaired) electrons. The first kappa shape index (κ1) is 13.1. The van der Waals surface area contributed by atoms with E-state index < -0.39 is 17.9 Å². The van der Waals surface area contributed by atoms with Gasteiger partial charge >= 0.3 is 5.97 Å². The summed E-state index contributed by atoms with van der Waals surface area (Å²) in [4.78, 5) is 11.6. The average molecular weight is 291 g/mol. The molecule has 0 aliphatic carbocycles. The Bertz CT molecular complexity index is 381. The molecule has 1 unspecified atom stereocenters. The normalized spacial score (nSPS) is 12.2. The Morgan fingerprint density at radius 3 is 2.88 bits per heavy atom. The fraction of sp³-hybridized carbons (Fsp3) is 0.364. The summed E-state index contributed by atoms with van der Waals surface area (Å²) >= 11 is 3.16. The zero-order valence-corrected chi connectivity index (χ0v) is 10.6. The van der Waals surface area contributed by atoms with Gasteiger partial charge in [0.05, 0.1) is 12.2 Å². The highest BCUT2D eigenvalue weighted by atomic mass is 79.9. The first-order valence-electron chi connectivity index (χ1n) is 4.69. The summed E-state index contributed by atoms with van der Waals surface area (Å²) in [5, 5.41) is 0. The van der Waals surface area contributed by atoms with Gasteiger partial charge in [0.2, 0.25) is 0 Å². The molecule has 0 spiro atoms. The van der Waals surface area contributed by atoms with Crippen LogP contribution < -0.4 is 0 Å². The highest BCUT2D eigenvalue weighted by Crippen LogP contribution is 2.16. The number of benzene rings is 1. The van der Waals surface area contributed by atoms with E-state index in [4.69, 9.17) is 9.47 Å². The molecule has 0 saturated heterocycles. The molecule has 0 aliphatic rings. The largest absolute Gasteiger partial charge is 0.457 e. The Labute approximate surface area is 102 Å². The molecule has 0 aliphatic heterocycles. The Kier molecular flexibility index (Phi) is 4.89. The van der Waals surface area contributed by atoms with Crippen LogP contribution in [0.3, 0.4) is 0 Å². The zero-order valence-electron chi connectivity index (χ0n) is 9.00. The van der Waals surface area contributed by atoms with Crippen molar-refractivity contribution in [1.82, 2.24) is 0 Å². The molecule has 0 amide bonds. The molecule has 1 aromatic carbocycles. The van der Waals surface area contributed by atoms with Crippen molar-refractivity contribution in [1.29, 1.82) is 0 Å². The lowest BCUT2D eigenvalue weighted by atomic mass is 10.2. The summed E-state index contributed by atoms with van der Waals surface area (Å²) in [6.45, 7) is 1.96. The molecule has 5 heteroatoms. The van der Waals surface area contributed by atoms with Crippen molar-refractivity contribution in [3.8, 4) is 0 Å². The maximum absolute atomic E-state index is 13.3. The number of carbonyl (C=O) groups is 1. The van der Waals surface area contributed by atoms with Crippen molar-refractivity contribution in [2.24, 2.45) is 0 Å². The Balaban J connectivity index is 2.76. The van der Waals surface area contributed by atoms with Crippen molar-refractivity contribution >= 4 is 21.9 Å². The highest BCUT2D eigenvalue weighted by Gasteiger charge is 2.16. The summed E-state index contributed by atoms with van der Waals surface area (Å²) in [6.07, 6.45) is -0.407. The Morgan fingerprint density at radius 1 is 1.56 bits per heavy atom. The third kappa shape index (κ3) is 3.57. The lowest BCUT2D eigenvalue weighted by molar-refractivity contribution is 0.0116. The minimum atomic E-state index is -0.691. The zero-order chi connectivity index (χ0) is 12.1. The van der Waals surface area contributed by atoms with Crippen LogP contribution in [-0.4, -0.2) is 25.8 Å². The second-order valence-corrected chi connectivity index (χ2v) is 4.21. The van der Waals surface area contributed by atoms with Gasteiger partial charge in [0, 0.05) is 11.6 Å². The van der Waals surface area contributed by atoms with E-state index in [1.807, 2.05) is 0 Å².